The second-order valence-corrected chi connectivity index (χ2v) is 7.98. The van der Waals surface area contributed by atoms with Gasteiger partial charge in [0.05, 0.1) is 5.52 Å². The van der Waals surface area contributed by atoms with Crippen molar-refractivity contribution >= 4 is 28.5 Å². The van der Waals surface area contributed by atoms with Crippen molar-refractivity contribution in [2.45, 2.75) is 31.9 Å². The number of rotatable bonds is 6. The molecule has 0 saturated heterocycles. The van der Waals surface area contributed by atoms with Crippen LogP contribution in [0.2, 0.25) is 0 Å². The maximum absolute atomic E-state index is 5.87. The molecule has 0 aliphatic heterocycles. The Kier molecular flexibility index (Phi) is 5.17. The summed E-state index contributed by atoms with van der Waals surface area (Å²) in [6.07, 6.45) is 2.10. The fourth-order valence-electron chi connectivity index (χ4n) is 2.81. The zero-order chi connectivity index (χ0) is 17.1. The molecule has 0 saturated carbocycles. The second-order valence-electron chi connectivity index (χ2n) is 6.51. The van der Waals surface area contributed by atoms with Crippen LogP contribution in [0.4, 0.5) is 5.69 Å². The normalized spacial score (nSPS) is 12.8. The summed E-state index contributed by atoms with van der Waals surface area (Å²) in [5.74, 6) is 0.492. The predicted octanol–water partition coefficient (Wildman–Crippen LogP) is 4.96. The van der Waals surface area contributed by atoms with E-state index in [4.69, 9.17) is 5.73 Å². The molecule has 3 N–H and O–H groups in total. The van der Waals surface area contributed by atoms with Gasteiger partial charge in [0, 0.05) is 34.8 Å². The molecule has 0 spiro atoms. The Labute approximate surface area is 148 Å². The van der Waals surface area contributed by atoms with E-state index >= 15 is 0 Å². The predicted molar refractivity (Wildman–Crippen MR) is 107 cm³/mol. The van der Waals surface area contributed by atoms with Gasteiger partial charge in [0.25, 0.3) is 0 Å². The molecule has 0 amide bonds. The van der Waals surface area contributed by atoms with E-state index in [-0.39, 0.29) is 0 Å². The highest BCUT2D eigenvalue weighted by Gasteiger charge is 2.08. The van der Waals surface area contributed by atoms with Crippen LogP contribution in [0.1, 0.15) is 32.3 Å². The Balaban J connectivity index is 1.76. The van der Waals surface area contributed by atoms with Gasteiger partial charge in [0.2, 0.25) is 0 Å². The van der Waals surface area contributed by atoms with E-state index in [9.17, 15) is 0 Å². The first-order valence-corrected chi connectivity index (χ1v) is 9.28. The second kappa shape index (κ2) is 7.32. The van der Waals surface area contributed by atoms with Crippen LogP contribution in [0, 0.1) is 0 Å². The third kappa shape index (κ3) is 3.77. The molecular formula is C20H25N3S. The Morgan fingerprint density at radius 2 is 1.79 bits per heavy atom. The lowest BCUT2D eigenvalue weighted by Gasteiger charge is -2.15. The number of aromatic nitrogens is 1. The van der Waals surface area contributed by atoms with Crippen molar-refractivity contribution in [1.29, 1.82) is 0 Å². The van der Waals surface area contributed by atoms with Crippen LogP contribution in [0.15, 0.2) is 54.7 Å². The summed E-state index contributed by atoms with van der Waals surface area (Å²) in [4.78, 5) is 0. The molecule has 0 bridgehead atoms. The zero-order valence-electron chi connectivity index (χ0n) is 14.5. The number of hydrogen-bond acceptors (Lipinski definition) is 3. The molecule has 3 nitrogen and oxygen atoms in total. The van der Waals surface area contributed by atoms with Gasteiger partial charge in [-0.05, 0) is 47.9 Å². The average molecular weight is 340 g/mol. The topological polar surface area (TPSA) is 43.0 Å². The molecule has 1 unspecified atom stereocenters. The van der Waals surface area contributed by atoms with Gasteiger partial charge in [0.1, 0.15) is 0 Å². The van der Waals surface area contributed by atoms with Crippen LogP contribution in [-0.4, -0.2) is 16.4 Å². The molecule has 0 radical (unpaired) electrons. The maximum Gasteiger partial charge on any atom is 0.0529 e. The van der Waals surface area contributed by atoms with Crippen molar-refractivity contribution in [3.8, 4) is 5.69 Å². The molecule has 24 heavy (non-hydrogen) atoms. The molecule has 2 aromatic carbocycles. The number of hydrogen-bond donors (Lipinski definition) is 2. The van der Waals surface area contributed by atoms with Crippen LogP contribution in [-0.2, 0) is 0 Å². The Hall–Kier alpha value is -1.91. The molecule has 0 aliphatic carbocycles. The number of fused-ring (bicyclic) bond motifs is 1. The van der Waals surface area contributed by atoms with Crippen LogP contribution < -0.4 is 10.5 Å². The first-order chi connectivity index (χ1) is 11.5. The number of nitrogen functional groups attached to an aromatic ring is 1. The zero-order valence-corrected chi connectivity index (χ0v) is 15.3. The highest BCUT2D eigenvalue weighted by atomic mass is 32.2. The quantitative estimate of drug-likeness (QED) is 0.492. The summed E-state index contributed by atoms with van der Waals surface area (Å²) in [7, 11) is 0. The van der Waals surface area contributed by atoms with E-state index < -0.39 is 0 Å². The van der Waals surface area contributed by atoms with Crippen molar-refractivity contribution in [3.05, 3.63) is 60.3 Å². The minimum atomic E-state index is 0.492. The number of nitrogens with one attached hydrogen (secondary N) is 1. The highest BCUT2D eigenvalue weighted by molar-refractivity contribution is 7.97. The molecule has 4 heteroatoms. The third-order valence-corrected chi connectivity index (χ3v) is 4.97. The van der Waals surface area contributed by atoms with E-state index in [2.05, 4.69) is 72.7 Å². The molecule has 0 fully saturated rings. The van der Waals surface area contributed by atoms with Gasteiger partial charge < -0.3 is 10.3 Å². The van der Waals surface area contributed by atoms with Gasteiger partial charge in [0.15, 0.2) is 0 Å². The first kappa shape index (κ1) is 16.9. The van der Waals surface area contributed by atoms with E-state index in [1.54, 1.807) is 11.9 Å². The van der Waals surface area contributed by atoms with Crippen LogP contribution in [0.5, 0.6) is 0 Å². The lowest BCUT2D eigenvalue weighted by Crippen LogP contribution is -2.15. The van der Waals surface area contributed by atoms with Crippen molar-refractivity contribution in [1.82, 2.24) is 9.29 Å². The fourth-order valence-corrected chi connectivity index (χ4v) is 3.49. The van der Waals surface area contributed by atoms with E-state index in [1.807, 2.05) is 12.1 Å². The van der Waals surface area contributed by atoms with E-state index in [0.29, 0.717) is 11.2 Å². The molecule has 1 atom stereocenters. The Bertz CT molecular complexity index is 805. The van der Waals surface area contributed by atoms with Gasteiger partial charge >= 0.3 is 0 Å². The van der Waals surface area contributed by atoms with Gasteiger partial charge in [-0.25, -0.2) is 0 Å². The van der Waals surface area contributed by atoms with Gasteiger partial charge in [-0.1, -0.05) is 44.9 Å². The Morgan fingerprint density at radius 3 is 2.50 bits per heavy atom. The van der Waals surface area contributed by atoms with Crippen LogP contribution in [0.25, 0.3) is 16.6 Å². The summed E-state index contributed by atoms with van der Waals surface area (Å²) in [6.45, 7) is 7.64. The van der Waals surface area contributed by atoms with Crippen molar-refractivity contribution in [2.24, 2.45) is 0 Å². The standard InChI is InChI=1S/C20H25N3S/c1-14(2)24-22-13-15(3)16-4-7-19(8-5-16)23-11-10-17-12-18(21)6-9-20(17)23/h4-12,14-15,22H,13,21H2,1-3H3. The maximum atomic E-state index is 5.87. The summed E-state index contributed by atoms with van der Waals surface area (Å²) in [6, 6.07) is 17.0. The molecule has 1 aromatic heterocycles. The number of anilines is 1. The van der Waals surface area contributed by atoms with Gasteiger partial charge in [-0.3, -0.25) is 4.72 Å². The minimum Gasteiger partial charge on any atom is -0.399 e. The van der Waals surface area contributed by atoms with Gasteiger partial charge in [-0.15, -0.1) is 0 Å². The van der Waals surface area contributed by atoms with Crippen LogP contribution in [0.3, 0.4) is 0 Å². The summed E-state index contributed by atoms with van der Waals surface area (Å²) >= 11 is 1.79. The smallest absolute Gasteiger partial charge is 0.0529 e. The lowest BCUT2D eigenvalue weighted by molar-refractivity contribution is 0.739. The van der Waals surface area contributed by atoms with Gasteiger partial charge in [-0.2, -0.15) is 0 Å². The molecule has 126 valence electrons. The fraction of sp³-hybridized carbons (Fsp3) is 0.300. The van der Waals surface area contributed by atoms with E-state index in [0.717, 1.165) is 12.2 Å². The van der Waals surface area contributed by atoms with Crippen LogP contribution >= 0.6 is 11.9 Å². The Morgan fingerprint density at radius 1 is 1.04 bits per heavy atom. The summed E-state index contributed by atoms with van der Waals surface area (Å²) in [5.41, 5.74) is 10.4. The summed E-state index contributed by atoms with van der Waals surface area (Å²) in [5, 5.41) is 1.78. The van der Waals surface area contributed by atoms with E-state index in [1.165, 1.54) is 22.2 Å². The largest absolute Gasteiger partial charge is 0.399 e. The average Bonchev–Trinajstić information content (AvgIpc) is 2.97. The number of benzene rings is 2. The monoisotopic (exact) mass is 339 g/mol. The van der Waals surface area contributed by atoms with Crippen molar-refractivity contribution in [3.63, 3.8) is 0 Å². The third-order valence-electron chi connectivity index (χ3n) is 4.16. The SMILES string of the molecule is CC(C)SNCC(C)c1ccc(-n2ccc3cc(N)ccc32)cc1. The molecular weight excluding hydrogens is 314 g/mol. The first-order valence-electron chi connectivity index (χ1n) is 8.40. The minimum absolute atomic E-state index is 0.492. The van der Waals surface area contributed by atoms with Crippen molar-refractivity contribution in [2.75, 3.05) is 12.3 Å². The molecule has 0 aliphatic rings. The molecule has 3 aromatic rings. The number of nitrogens with zero attached hydrogens (tertiary/aromatic N) is 1. The number of nitrogens with two attached hydrogens (primary N) is 1. The lowest BCUT2D eigenvalue weighted by atomic mass is 10.0. The highest BCUT2D eigenvalue weighted by Crippen LogP contribution is 2.24. The summed E-state index contributed by atoms with van der Waals surface area (Å²) < 4.78 is 5.66. The van der Waals surface area contributed by atoms with Crippen molar-refractivity contribution < 1.29 is 0 Å². The molecule has 3 rings (SSSR count). The molecule has 1 heterocycles.